The van der Waals surface area contributed by atoms with E-state index in [4.69, 9.17) is 23.2 Å². The molecule has 2 rings (SSSR count). The van der Waals surface area contributed by atoms with Gasteiger partial charge in [-0.1, -0.05) is 17.7 Å². The van der Waals surface area contributed by atoms with Gasteiger partial charge in [0.2, 0.25) is 5.28 Å². The van der Waals surface area contributed by atoms with Gasteiger partial charge in [-0.3, -0.25) is 4.57 Å². The van der Waals surface area contributed by atoms with Gasteiger partial charge in [-0.25, -0.2) is 0 Å². The van der Waals surface area contributed by atoms with E-state index < -0.39 is 0 Å². The van der Waals surface area contributed by atoms with Crippen molar-refractivity contribution in [2.24, 2.45) is 0 Å². The first kappa shape index (κ1) is 10.5. The average molecular weight is 242 g/mol. The Morgan fingerprint density at radius 2 is 1.87 bits per heavy atom. The van der Waals surface area contributed by atoms with Crippen molar-refractivity contribution in [1.82, 2.24) is 14.8 Å². The number of aromatic nitrogens is 3. The number of hydrogen-bond donors (Lipinski definition) is 0. The van der Waals surface area contributed by atoms with Crippen LogP contribution in [0, 0.1) is 13.8 Å². The van der Waals surface area contributed by atoms with Gasteiger partial charge in [-0.05, 0) is 43.1 Å². The highest BCUT2D eigenvalue weighted by Gasteiger charge is 2.11. The third-order valence-electron chi connectivity index (χ3n) is 2.13. The summed E-state index contributed by atoms with van der Waals surface area (Å²) in [6, 6.07) is 5.75. The van der Waals surface area contributed by atoms with Crippen molar-refractivity contribution in [3.05, 3.63) is 39.9 Å². The molecule has 0 unspecified atom stereocenters. The van der Waals surface area contributed by atoms with Crippen LogP contribution in [0.1, 0.15) is 11.4 Å². The quantitative estimate of drug-likeness (QED) is 0.768. The fourth-order valence-electron chi connectivity index (χ4n) is 1.40. The van der Waals surface area contributed by atoms with Gasteiger partial charge in [0.15, 0.2) is 0 Å². The molecule has 78 valence electrons. The summed E-state index contributed by atoms with van der Waals surface area (Å²) >= 11 is 12.1. The molecule has 0 atom stereocenters. The largest absolute Gasteiger partial charge is 0.268 e. The zero-order chi connectivity index (χ0) is 11.0. The van der Waals surface area contributed by atoms with Crippen LogP contribution in [-0.4, -0.2) is 14.8 Å². The third-order valence-corrected chi connectivity index (χ3v) is 2.68. The molecule has 0 spiro atoms. The molecule has 5 heteroatoms. The maximum Gasteiger partial charge on any atom is 0.229 e. The van der Waals surface area contributed by atoms with Crippen LogP contribution in [0.2, 0.25) is 10.3 Å². The zero-order valence-electron chi connectivity index (χ0n) is 8.33. The Morgan fingerprint density at radius 1 is 1.13 bits per heavy atom. The predicted molar refractivity (Wildman–Crippen MR) is 60.9 cm³/mol. The molecule has 0 fully saturated rings. The van der Waals surface area contributed by atoms with Crippen molar-refractivity contribution in [1.29, 1.82) is 0 Å². The van der Waals surface area contributed by atoms with Crippen LogP contribution in [0.25, 0.3) is 5.69 Å². The lowest BCUT2D eigenvalue weighted by atomic mass is 10.2. The van der Waals surface area contributed by atoms with Crippen LogP contribution in [0.5, 0.6) is 0 Å². The van der Waals surface area contributed by atoms with Gasteiger partial charge >= 0.3 is 0 Å². The minimum absolute atomic E-state index is 0.318. The van der Waals surface area contributed by atoms with Crippen LogP contribution >= 0.6 is 23.2 Å². The lowest BCUT2D eigenvalue weighted by Crippen LogP contribution is -1.98. The zero-order valence-corrected chi connectivity index (χ0v) is 9.84. The monoisotopic (exact) mass is 241 g/mol. The molecule has 0 aliphatic carbocycles. The van der Waals surface area contributed by atoms with Crippen LogP contribution in [0.4, 0.5) is 0 Å². The molecule has 0 aliphatic rings. The van der Waals surface area contributed by atoms with Gasteiger partial charge < -0.3 is 0 Å². The van der Waals surface area contributed by atoms with Crippen LogP contribution < -0.4 is 0 Å². The molecule has 15 heavy (non-hydrogen) atoms. The van der Waals surface area contributed by atoms with E-state index in [1.165, 1.54) is 0 Å². The third kappa shape index (κ3) is 1.85. The Kier molecular flexibility index (Phi) is 2.67. The second kappa shape index (κ2) is 3.83. The smallest absolute Gasteiger partial charge is 0.229 e. The Morgan fingerprint density at radius 3 is 2.40 bits per heavy atom. The maximum atomic E-state index is 6.13. The molecule has 0 saturated heterocycles. The lowest BCUT2D eigenvalue weighted by molar-refractivity contribution is 0.969. The standard InChI is InChI=1S/C10H9Cl2N3/c1-6-3-4-9(8(11)5-6)15-7(2)13-14-10(15)12/h3-5H,1-2H3. The van der Waals surface area contributed by atoms with Gasteiger partial charge in [0, 0.05) is 0 Å². The molecular formula is C10H9Cl2N3. The summed E-state index contributed by atoms with van der Waals surface area (Å²) in [6.45, 7) is 3.81. The van der Waals surface area contributed by atoms with Gasteiger partial charge in [0.25, 0.3) is 0 Å². The van der Waals surface area contributed by atoms with E-state index in [0.717, 1.165) is 11.3 Å². The number of benzene rings is 1. The first-order chi connectivity index (χ1) is 7.09. The fourth-order valence-corrected chi connectivity index (χ4v) is 1.97. The summed E-state index contributed by atoms with van der Waals surface area (Å²) < 4.78 is 1.71. The van der Waals surface area contributed by atoms with Crippen molar-refractivity contribution in [2.75, 3.05) is 0 Å². The molecule has 1 aromatic carbocycles. The second-order valence-corrected chi connectivity index (χ2v) is 4.05. The van der Waals surface area contributed by atoms with E-state index in [1.807, 2.05) is 32.0 Å². The van der Waals surface area contributed by atoms with Gasteiger partial charge in [0.1, 0.15) is 5.82 Å². The Labute approximate surface area is 97.7 Å². The van der Waals surface area contributed by atoms with Crippen LogP contribution in [-0.2, 0) is 0 Å². The summed E-state index contributed by atoms with van der Waals surface area (Å²) in [5, 5.41) is 8.61. The first-order valence-electron chi connectivity index (χ1n) is 4.43. The highest BCUT2D eigenvalue weighted by atomic mass is 35.5. The van der Waals surface area contributed by atoms with E-state index in [0.29, 0.717) is 16.1 Å². The Bertz CT molecular complexity index is 486. The van der Waals surface area contributed by atoms with E-state index in [9.17, 15) is 0 Å². The number of hydrogen-bond acceptors (Lipinski definition) is 2. The van der Waals surface area contributed by atoms with E-state index in [2.05, 4.69) is 10.2 Å². The molecule has 1 heterocycles. The van der Waals surface area contributed by atoms with Crippen molar-refractivity contribution in [3.8, 4) is 5.69 Å². The minimum Gasteiger partial charge on any atom is -0.268 e. The normalized spacial score (nSPS) is 10.7. The average Bonchev–Trinajstić information content (AvgIpc) is 2.48. The summed E-state index contributed by atoms with van der Waals surface area (Å²) in [4.78, 5) is 0. The van der Waals surface area contributed by atoms with Gasteiger partial charge in [0.05, 0.1) is 10.7 Å². The fraction of sp³-hybridized carbons (Fsp3) is 0.200. The van der Waals surface area contributed by atoms with Crippen LogP contribution in [0.3, 0.4) is 0 Å². The first-order valence-corrected chi connectivity index (χ1v) is 5.19. The molecule has 3 nitrogen and oxygen atoms in total. The van der Waals surface area contributed by atoms with Crippen molar-refractivity contribution < 1.29 is 0 Å². The van der Waals surface area contributed by atoms with E-state index in [1.54, 1.807) is 4.57 Å². The molecule has 0 radical (unpaired) electrons. The van der Waals surface area contributed by atoms with Crippen molar-refractivity contribution in [3.63, 3.8) is 0 Å². The van der Waals surface area contributed by atoms with Gasteiger partial charge in [-0.2, -0.15) is 0 Å². The molecule has 0 aliphatic heterocycles. The summed E-state index contributed by atoms with van der Waals surface area (Å²) in [5.41, 5.74) is 1.90. The van der Waals surface area contributed by atoms with Crippen molar-refractivity contribution in [2.45, 2.75) is 13.8 Å². The molecule has 0 amide bonds. The Hall–Kier alpha value is -1.06. The maximum absolute atomic E-state index is 6.13. The molecule has 2 aromatic rings. The molecule has 0 bridgehead atoms. The summed E-state index contributed by atoms with van der Waals surface area (Å²) in [7, 11) is 0. The molecule has 1 aromatic heterocycles. The SMILES string of the molecule is Cc1ccc(-n2c(C)nnc2Cl)c(Cl)c1. The highest BCUT2D eigenvalue weighted by molar-refractivity contribution is 6.33. The number of rotatable bonds is 1. The summed E-state index contributed by atoms with van der Waals surface area (Å²) in [6.07, 6.45) is 0. The molecule has 0 saturated carbocycles. The minimum atomic E-state index is 0.318. The van der Waals surface area contributed by atoms with Gasteiger partial charge in [-0.15, -0.1) is 10.2 Å². The molecular weight excluding hydrogens is 233 g/mol. The topological polar surface area (TPSA) is 30.7 Å². The van der Waals surface area contributed by atoms with E-state index in [-0.39, 0.29) is 0 Å². The number of halogens is 2. The number of aryl methyl sites for hydroxylation is 2. The molecule has 0 N–H and O–H groups in total. The highest BCUT2D eigenvalue weighted by Crippen LogP contribution is 2.25. The Balaban J connectivity index is 2.64. The lowest BCUT2D eigenvalue weighted by Gasteiger charge is -2.07. The summed E-state index contributed by atoms with van der Waals surface area (Å²) in [5.74, 6) is 0.714. The second-order valence-electron chi connectivity index (χ2n) is 3.31. The predicted octanol–water partition coefficient (Wildman–Crippen LogP) is 3.19. The number of nitrogens with zero attached hydrogens (tertiary/aromatic N) is 3. The van der Waals surface area contributed by atoms with Crippen LogP contribution in [0.15, 0.2) is 18.2 Å². The van der Waals surface area contributed by atoms with E-state index >= 15 is 0 Å². The van der Waals surface area contributed by atoms with Crippen molar-refractivity contribution >= 4 is 23.2 Å².